The number of nitrogens with two attached hydrogens (primary N) is 1. The van der Waals surface area contributed by atoms with Crippen molar-refractivity contribution in [3.63, 3.8) is 0 Å². The minimum absolute atomic E-state index is 0.122. The minimum Gasteiger partial charge on any atom is -0.385 e. The van der Waals surface area contributed by atoms with E-state index in [0.717, 1.165) is 29.9 Å². The standard InChI is InChI=1S/C11H20BrN5O/c1-11(2,4-5-18-3)7-15-9-8(12)6-14-10(16-9)17-13/h6H,4-5,7,13H2,1-3H3,(H2,14,15,16,17). The monoisotopic (exact) mass is 317 g/mol. The SMILES string of the molecule is COCCC(C)(C)CNc1nc(NN)ncc1Br. The lowest BCUT2D eigenvalue weighted by molar-refractivity contribution is 0.157. The van der Waals surface area contributed by atoms with E-state index in [-0.39, 0.29) is 5.41 Å². The highest BCUT2D eigenvalue weighted by atomic mass is 79.9. The maximum Gasteiger partial charge on any atom is 0.239 e. The zero-order chi connectivity index (χ0) is 13.6. The van der Waals surface area contributed by atoms with Crippen LogP contribution in [0.25, 0.3) is 0 Å². The van der Waals surface area contributed by atoms with Gasteiger partial charge in [0.1, 0.15) is 5.82 Å². The second kappa shape index (κ2) is 6.86. The van der Waals surface area contributed by atoms with Crippen molar-refractivity contribution in [2.75, 3.05) is 31.0 Å². The van der Waals surface area contributed by atoms with Gasteiger partial charge in [-0.3, -0.25) is 5.43 Å². The van der Waals surface area contributed by atoms with Crippen molar-refractivity contribution in [2.45, 2.75) is 20.3 Å². The number of rotatable bonds is 7. The number of nitrogens with zero attached hydrogens (tertiary/aromatic N) is 2. The molecule has 0 atom stereocenters. The molecule has 0 aliphatic rings. The van der Waals surface area contributed by atoms with E-state index in [1.807, 2.05) is 0 Å². The van der Waals surface area contributed by atoms with Crippen molar-refractivity contribution >= 4 is 27.7 Å². The van der Waals surface area contributed by atoms with Crippen molar-refractivity contribution in [2.24, 2.45) is 11.3 Å². The van der Waals surface area contributed by atoms with E-state index < -0.39 is 0 Å². The molecule has 0 saturated heterocycles. The highest BCUT2D eigenvalue weighted by Crippen LogP contribution is 2.24. The Labute approximate surface area is 116 Å². The van der Waals surface area contributed by atoms with Crippen molar-refractivity contribution < 1.29 is 4.74 Å². The molecule has 0 saturated carbocycles. The van der Waals surface area contributed by atoms with Gasteiger partial charge in [0.05, 0.1) is 4.47 Å². The number of halogens is 1. The first-order valence-corrected chi connectivity index (χ1v) is 6.50. The molecule has 0 fully saturated rings. The zero-order valence-electron chi connectivity index (χ0n) is 11.0. The summed E-state index contributed by atoms with van der Waals surface area (Å²) in [5, 5.41) is 3.29. The molecule has 0 amide bonds. The maximum absolute atomic E-state index is 5.28. The number of nitrogen functional groups attached to an aromatic ring is 1. The fourth-order valence-electron chi connectivity index (χ4n) is 1.35. The third-order valence-corrected chi connectivity index (χ3v) is 3.17. The molecule has 1 heterocycles. The summed E-state index contributed by atoms with van der Waals surface area (Å²) >= 11 is 3.40. The Morgan fingerprint density at radius 2 is 2.22 bits per heavy atom. The van der Waals surface area contributed by atoms with Crippen LogP contribution in [0.4, 0.5) is 11.8 Å². The van der Waals surface area contributed by atoms with Crippen LogP contribution in [-0.4, -0.2) is 30.2 Å². The highest BCUT2D eigenvalue weighted by Gasteiger charge is 2.18. The van der Waals surface area contributed by atoms with Crippen LogP contribution in [0.3, 0.4) is 0 Å². The largest absolute Gasteiger partial charge is 0.385 e. The Morgan fingerprint density at radius 3 is 2.83 bits per heavy atom. The summed E-state index contributed by atoms with van der Waals surface area (Å²) < 4.78 is 5.91. The highest BCUT2D eigenvalue weighted by molar-refractivity contribution is 9.10. The van der Waals surface area contributed by atoms with Crippen LogP contribution in [0.2, 0.25) is 0 Å². The Bertz CT molecular complexity index is 386. The molecule has 102 valence electrons. The summed E-state index contributed by atoms with van der Waals surface area (Å²) in [5.74, 6) is 6.39. The van der Waals surface area contributed by atoms with Crippen molar-refractivity contribution in [3.05, 3.63) is 10.7 Å². The molecular formula is C11H20BrN5O. The van der Waals surface area contributed by atoms with E-state index in [2.05, 4.69) is 50.5 Å². The number of hydrazine groups is 1. The summed E-state index contributed by atoms with van der Waals surface area (Å²) in [5.41, 5.74) is 2.54. The summed E-state index contributed by atoms with van der Waals surface area (Å²) in [4.78, 5) is 8.24. The number of methoxy groups -OCH3 is 1. The first-order chi connectivity index (χ1) is 8.48. The number of hydrogen-bond acceptors (Lipinski definition) is 6. The summed E-state index contributed by atoms with van der Waals surface area (Å²) in [7, 11) is 1.71. The van der Waals surface area contributed by atoms with Gasteiger partial charge in [-0.25, -0.2) is 10.8 Å². The molecule has 7 heteroatoms. The first-order valence-electron chi connectivity index (χ1n) is 5.70. The molecule has 0 bridgehead atoms. The summed E-state index contributed by atoms with van der Waals surface area (Å²) in [6, 6.07) is 0. The van der Waals surface area contributed by atoms with Crippen LogP contribution in [0, 0.1) is 5.41 Å². The molecule has 0 spiro atoms. The molecule has 4 N–H and O–H groups in total. The molecule has 1 rings (SSSR count). The Hall–Kier alpha value is -0.920. The second-order valence-corrected chi connectivity index (χ2v) is 5.65. The van der Waals surface area contributed by atoms with Crippen LogP contribution in [0.1, 0.15) is 20.3 Å². The zero-order valence-corrected chi connectivity index (χ0v) is 12.5. The topological polar surface area (TPSA) is 85.1 Å². The van der Waals surface area contributed by atoms with Gasteiger partial charge in [-0.05, 0) is 27.8 Å². The fourth-order valence-corrected chi connectivity index (χ4v) is 1.68. The summed E-state index contributed by atoms with van der Waals surface area (Å²) in [6.07, 6.45) is 2.63. The van der Waals surface area contributed by atoms with Crippen LogP contribution >= 0.6 is 15.9 Å². The van der Waals surface area contributed by atoms with E-state index in [0.29, 0.717) is 5.95 Å². The Kier molecular flexibility index (Phi) is 5.77. The van der Waals surface area contributed by atoms with E-state index in [1.54, 1.807) is 13.3 Å². The minimum atomic E-state index is 0.122. The molecule has 0 unspecified atom stereocenters. The summed E-state index contributed by atoms with van der Waals surface area (Å²) in [6.45, 7) is 5.89. The van der Waals surface area contributed by atoms with E-state index in [9.17, 15) is 0 Å². The fraction of sp³-hybridized carbons (Fsp3) is 0.636. The smallest absolute Gasteiger partial charge is 0.239 e. The van der Waals surface area contributed by atoms with Crippen LogP contribution in [-0.2, 0) is 4.74 Å². The lowest BCUT2D eigenvalue weighted by atomic mass is 9.90. The molecule has 18 heavy (non-hydrogen) atoms. The quantitative estimate of drug-likeness (QED) is 0.527. The molecule has 0 aliphatic heterocycles. The van der Waals surface area contributed by atoms with Gasteiger partial charge >= 0.3 is 0 Å². The van der Waals surface area contributed by atoms with E-state index in [1.165, 1.54) is 0 Å². The normalized spacial score (nSPS) is 11.4. The van der Waals surface area contributed by atoms with Crippen molar-refractivity contribution in [3.8, 4) is 0 Å². The first kappa shape index (κ1) is 15.1. The van der Waals surface area contributed by atoms with Crippen LogP contribution < -0.4 is 16.6 Å². The molecular weight excluding hydrogens is 298 g/mol. The van der Waals surface area contributed by atoms with Gasteiger partial charge in [-0.2, -0.15) is 4.98 Å². The van der Waals surface area contributed by atoms with Gasteiger partial charge in [-0.1, -0.05) is 13.8 Å². The third kappa shape index (κ3) is 4.75. The number of hydrogen-bond donors (Lipinski definition) is 3. The Morgan fingerprint density at radius 1 is 1.50 bits per heavy atom. The number of aromatic nitrogens is 2. The van der Waals surface area contributed by atoms with Gasteiger partial charge in [-0.15, -0.1) is 0 Å². The van der Waals surface area contributed by atoms with Crippen molar-refractivity contribution in [1.29, 1.82) is 0 Å². The van der Waals surface area contributed by atoms with Crippen LogP contribution in [0.5, 0.6) is 0 Å². The average Bonchev–Trinajstić information content (AvgIpc) is 2.35. The van der Waals surface area contributed by atoms with Crippen LogP contribution in [0.15, 0.2) is 10.7 Å². The number of ether oxygens (including phenoxy) is 1. The van der Waals surface area contributed by atoms with E-state index >= 15 is 0 Å². The third-order valence-electron chi connectivity index (χ3n) is 2.59. The Balaban J connectivity index is 2.62. The molecule has 1 aromatic heterocycles. The lowest BCUT2D eigenvalue weighted by Gasteiger charge is -2.25. The lowest BCUT2D eigenvalue weighted by Crippen LogP contribution is -2.25. The van der Waals surface area contributed by atoms with E-state index in [4.69, 9.17) is 10.6 Å². The molecule has 0 aromatic carbocycles. The number of anilines is 2. The predicted molar refractivity (Wildman–Crippen MR) is 76.3 cm³/mol. The van der Waals surface area contributed by atoms with Crippen molar-refractivity contribution in [1.82, 2.24) is 9.97 Å². The number of nitrogens with one attached hydrogen (secondary N) is 2. The molecule has 0 aliphatic carbocycles. The molecule has 0 radical (unpaired) electrons. The molecule has 1 aromatic rings. The van der Waals surface area contributed by atoms with Gasteiger partial charge < -0.3 is 10.1 Å². The van der Waals surface area contributed by atoms with Gasteiger partial charge in [0, 0.05) is 26.5 Å². The average molecular weight is 318 g/mol. The molecule has 6 nitrogen and oxygen atoms in total. The second-order valence-electron chi connectivity index (χ2n) is 4.80. The van der Waals surface area contributed by atoms with Gasteiger partial charge in [0.15, 0.2) is 0 Å². The van der Waals surface area contributed by atoms with Gasteiger partial charge in [0.25, 0.3) is 0 Å². The van der Waals surface area contributed by atoms with Gasteiger partial charge in [0.2, 0.25) is 5.95 Å². The maximum atomic E-state index is 5.28. The predicted octanol–water partition coefficient (Wildman–Crippen LogP) is 2.00.